The minimum atomic E-state index is -3.17. The van der Waals surface area contributed by atoms with Gasteiger partial charge in [-0.15, -0.1) is 0 Å². The van der Waals surface area contributed by atoms with Gasteiger partial charge in [-0.05, 0) is 17.9 Å². The van der Waals surface area contributed by atoms with E-state index in [1.807, 2.05) is 24.1 Å². The van der Waals surface area contributed by atoms with Crippen LogP contribution in [0.1, 0.15) is 17.9 Å². The van der Waals surface area contributed by atoms with Crippen LogP contribution >= 0.6 is 15.9 Å². The van der Waals surface area contributed by atoms with Gasteiger partial charge in [-0.25, -0.2) is 0 Å². The van der Waals surface area contributed by atoms with Crippen LogP contribution in [0.3, 0.4) is 0 Å². The highest BCUT2D eigenvalue weighted by Crippen LogP contribution is 2.23. The maximum absolute atomic E-state index is 12.5. The second-order valence-corrected chi connectivity index (χ2v) is 4.24. The molecule has 1 aromatic carbocycles. The molecule has 0 bridgehead atoms. The van der Waals surface area contributed by atoms with Crippen LogP contribution in [0.2, 0.25) is 0 Å². The van der Waals surface area contributed by atoms with Crippen LogP contribution in [0, 0.1) is 11.8 Å². The molecule has 0 radical (unpaired) electrons. The van der Waals surface area contributed by atoms with Crippen molar-refractivity contribution in [1.29, 1.82) is 0 Å². The van der Waals surface area contributed by atoms with Crippen molar-refractivity contribution < 1.29 is 13.9 Å². The highest BCUT2D eigenvalue weighted by Gasteiger charge is 2.20. The SMILES string of the molecule is OCCC(C#CC(F)(F)Br)c1ccccc1. The van der Waals surface area contributed by atoms with Gasteiger partial charge < -0.3 is 5.11 Å². The molecule has 4 heteroatoms. The van der Waals surface area contributed by atoms with Crippen molar-refractivity contribution in [2.45, 2.75) is 17.2 Å². The number of benzene rings is 1. The minimum Gasteiger partial charge on any atom is -0.396 e. The molecule has 1 atom stereocenters. The molecule has 1 rings (SSSR count). The predicted octanol–water partition coefficient (Wildman–Crippen LogP) is 3.14. The van der Waals surface area contributed by atoms with Crippen molar-refractivity contribution in [3.8, 4) is 11.8 Å². The summed E-state index contributed by atoms with van der Waals surface area (Å²) in [5.74, 6) is 3.93. The third-order valence-electron chi connectivity index (χ3n) is 2.01. The first-order valence-corrected chi connectivity index (χ1v) is 5.57. The Kier molecular flexibility index (Phi) is 4.91. The number of halogens is 3. The molecular weight excluding hydrogens is 278 g/mol. The van der Waals surface area contributed by atoms with Crippen molar-refractivity contribution in [2.24, 2.45) is 0 Å². The lowest BCUT2D eigenvalue weighted by molar-refractivity contribution is 0.182. The first-order valence-electron chi connectivity index (χ1n) is 4.78. The zero-order valence-electron chi connectivity index (χ0n) is 8.46. The van der Waals surface area contributed by atoms with E-state index in [1.165, 1.54) is 0 Å². The molecule has 1 unspecified atom stereocenters. The summed E-state index contributed by atoms with van der Waals surface area (Å²) in [5, 5.41) is 8.86. The molecule has 1 aromatic rings. The molecule has 0 aromatic heterocycles. The van der Waals surface area contributed by atoms with E-state index >= 15 is 0 Å². The molecule has 0 spiro atoms. The third kappa shape index (κ3) is 4.73. The monoisotopic (exact) mass is 288 g/mol. The van der Waals surface area contributed by atoms with Gasteiger partial charge in [0.25, 0.3) is 0 Å². The topological polar surface area (TPSA) is 20.2 Å². The molecule has 0 aliphatic rings. The molecular formula is C12H11BrF2O. The highest BCUT2D eigenvalue weighted by atomic mass is 79.9. The summed E-state index contributed by atoms with van der Waals surface area (Å²) in [5.41, 5.74) is 0.834. The second kappa shape index (κ2) is 5.97. The molecule has 0 saturated carbocycles. The van der Waals surface area contributed by atoms with Gasteiger partial charge in [-0.3, -0.25) is 0 Å². The van der Waals surface area contributed by atoms with Crippen molar-refractivity contribution in [3.05, 3.63) is 35.9 Å². The lowest BCUT2D eigenvalue weighted by Gasteiger charge is -2.09. The smallest absolute Gasteiger partial charge is 0.363 e. The minimum absolute atomic E-state index is 0.0813. The van der Waals surface area contributed by atoms with Gasteiger partial charge in [-0.2, -0.15) is 8.78 Å². The fourth-order valence-corrected chi connectivity index (χ4v) is 1.42. The average molecular weight is 289 g/mol. The Morgan fingerprint density at radius 1 is 1.31 bits per heavy atom. The summed E-state index contributed by atoms with van der Waals surface area (Å²) in [6, 6.07) is 9.08. The predicted molar refractivity (Wildman–Crippen MR) is 62.5 cm³/mol. The van der Waals surface area contributed by atoms with Gasteiger partial charge in [-0.1, -0.05) is 36.3 Å². The highest BCUT2D eigenvalue weighted by molar-refractivity contribution is 9.10. The number of alkyl halides is 3. The first-order chi connectivity index (χ1) is 7.53. The molecule has 1 nitrogen and oxygen atoms in total. The number of hydrogen-bond acceptors (Lipinski definition) is 1. The molecule has 0 aliphatic carbocycles. The summed E-state index contributed by atoms with van der Waals surface area (Å²) >= 11 is 2.16. The van der Waals surface area contributed by atoms with Gasteiger partial charge in [0, 0.05) is 28.5 Å². The quantitative estimate of drug-likeness (QED) is 0.669. The van der Waals surface area contributed by atoms with E-state index in [9.17, 15) is 8.78 Å². The Balaban J connectivity index is 2.87. The molecule has 16 heavy (non-hydrogen) atoms. The Morgan fingerprint density at radius 3 is 2.44 bits per heavy atom. The first kappa shape index (κ1) is 13.1. The molecule has 0 fully saturated rings. The standard InChI is InChI=1S/C12H11BrF2O/c13-12(14,15)8-6-11(7-9-16)10-4-2-1-3-5-10/h1-5,11,16H,7,9H2. The fraction of sp³-hybridized carbons (Fsp3) is 0.333. The van der Waals surface area contributed by atoms with Gasteiger partial charge in [0.2, 0.25) is 0 Å². The normalized spacial score (nSPS) is 12.8. The molecule has 0 saturated heterocycles. The molecule has 86 valence electrons. The Morgan fingerprint density at radius 2 is 1.94 bits per heavy atom. The third-order valence-corrected chi connectivity index (χ3v) is 2.21. The van der Waals surface area contributed by atoms with Crippen LogP contribution in [0.15, 0.2) is 30.3 Å². The lowest BCUT2D eigenvalue weighted by atomic mass is 9.97. The summed E-state index contributed by atoms with van der Waals surface area (Å²) in [4.78, 5) is -3.17. The average Bonchev–Trinajstić information content (AvgIpc) is 2.24. The van der Waals surface area contributed by atoms with Crippen LogP contribution in [0.25, 0.3) is 0 Å². The summed E-state index contributed by atoms with van der Waals surface area (Å²) < 4.78 is 25.0. The van der Waals surface area contributed by atoms with E-state index in [-0.39, 0.29) is 12.5 Å². The van der Waals surface area contributed by atoms with Crippen LogP contribution in [0.5, 0.6) is 0 Å². The maximum atomic E-state index is 12.5. The Hall–Kier alpha value is -0.920. The summed E-state index contributed by atoms with van der Waals surface area (Å²) in [6.45, 7) is -0.0813. The van der Waals surface area contributed by atoms with Crippen LogP contribution in [-0.2, 0) is 0 Å². The summed E-state index contributed by atoms with van der Waals surface area (Å²) in [6.07, 6.45) is 0.347. The van der Waals surface area contributed by atoms with E-state index in [1.54, 1.807) is 12.1 Å². The Labute approximate surface area is 102 Å². The molecule has 0 heterocycles. The van der Waals surface area contributed by atoms with E-state index in [2.05, 4.69) is 21.9 Å². The number of aliphatic hydroxyl groups excluding tert-OH is 1. The largest absolute Gasteiger partial charge is 0.396 e. The zero-order valence-corrected chi connectivity index (χ0v) is 10.0. The van der Waals surface area contributed by atoms with Gasteiger partial charge in [0.1, 0.15) is 0 Å². The zero-order chi connectivity index (χ0) is 12.0. The van der Waals surface area contributed by atoms with E-state index in [0.29, 0.717) is 6.42 Å². The van der Waals surface area contributed by atoms with Crippen molar-refractivity contribution in [1.82, 2.24) is 0 Å². The Bertz CT molecular complexity index is 375. The lowest BCUT2D eigenvalue weighted by Crippen LogP contribution is -2.03. The van der Waals surface area contributed by atoms with Crippen LogP contribution in [0.4, 0.5) is 8.78 Å². The van der Waals surface area contributed by atoms with Crippen molar-refractivity contribution in [3.63, 3.8) is 0 Å². The van der Waals surface area contributed by atoms with Gasteiger partial charge in [0.15, 0.2) is 0 Å². The molecule has 0 amide bonds. The molecule has 1 N–H and O–H groups in total. The van der Waals surface area contributed by atoms with Crippen molar-refractivity contribution in [2.75, 3.05) is 6.61 Å². The number of hydrogen-bond donors (Lipinski definition) is 1. The summed E-state index contributed by atoms with van der Waals surface area (Å²) in [7, 11) is 0. The van der Waals surface area contributed by atoms with Gasteiger partial charge in [0.05, 0.1) is 0 Å². The van der Waals surface area contributed by atoms with E-state index in [4.69, 9.17) is 5.11 Å². The van der Waals surface area contributed by atoms with Crippen LogP contribution < -0.4 is 0 Å². The van der Waals surface area contributed by atoms with E-state index < -0.39 is 4.83 Å². The number of rotatable bonds is 3. The second-order valence-electron chi connectivity index (χ2n) is 3.24. The van der Waals surface area contributed by atoms with Crippen LogP contribution in [-0.4, -0.2) is 16.5 Å². The molecule has 0 aliphatic heterocycles. The maximum Gasteiger partial charge on any atom is 0.363 e. The fourth-order valence-electron chi connectivity index (χ4n) is 1.31. The number of aliphatic hydroxyl groups is 1. The van der Waals surface area contributed by atoms with Crippen molar-refractivity contribution >= 4 is 15.9 Å². The van der Waals surface area contributed by atoms with Gasteiger partial charge >= 0.3 is 4.83 Å². The van der Waals surface area contributed by atoms with E-state index in [0.717, 1.165) is 5.56 Å².